The maximum Gasteiger partial charge on any atom is 0.307 e. The molecular formula is C40H38Cl2N2O6. The third-order valence-corrected chi connectivity index (χ3v) is 12.9. The summed E-state index contributed by atoms with van der Waals surface area (Å²) in [6.07, 6.45) is 3.25. The first kappa shape index (κ1) is 33.0. The fraction of sp³-hybridized carbons (Fsp3) is 0.400. The molecule has 4 aromatic rings. The Bertz CT molecular complexity index is 1940. The second-order valence-electron chi connectivity index (χ2n) is 14.8. The molecule has 10 heteroatoms. The summed E-state index contributed by atoms with van der Waals surface area (Å²) in [6.45, 7) is 0.891. The van der Waals surface area contributed by atoms with Gasteiger partial charge in [-0.15, -0.1) is 23.2 Å². The van der Waals surface area contributed by atoms with E-state index >= 15 is 0 Å². The van der Waals surface area contributed by atoms with Crippen molar-refractivity contribution in [2.45, 2.75) is 63.2 Å². The highest BCUT2D eigenvalue weighted by atomic mass is 35.5. The van der Waals surface area contributed by atoms with Crippen molar-refractivity contribution >= 4 is 79.9 Å². The minimum atomic E-state index is -0.927. The average molecular weight is 714 g/mol. The number of carboxylic acids is 2. The molecule has 2 N–H and O–H groups in total. The molecule has 3 fully saturated rings. The topological polar surface area (TPSA) is 115 Å². The van der Waals surface area contributed by atoms with Crippen molar-refractivity contribution in [2.75, 3.05) is 34.6 Å². The van der Waals surface area contributed by atoms with Crippen LogP contribution in [0.2, 0.25) is 0 Å². The molecule has 3 saturated carbocycles. The van der Waals surface area contributed by atoms with Crippen LogP contribution in [0, 0.1) is 10.8 Å². The fourth-order valence-electron chi connectivity index (χ4n) is 9.69. The van der Waals surface area contributed by atoms with Crippen molar-refractivity contribution in [3.05, 3.63) is 82.9 Å². The Morgan fingerprint density at radius 2 is 0.940 bits per heavy atom. The molecule has 8 nitrogen and oxygen atoms in total. The van der Waals surface area contributed by atoms with E-state index in [-0.39, 0.29) is 36.5 Å². The molecule has 4 aromatic carbocycles. The molecule has 2 heterocycles. The molecule has 2 bridgehead atoms. The predicted octanol–water partition coefficient (Wildman–Crippen LogP) is 7.63. The number of halogens is 2. The van der Waals surface area contributed by atoms with Crippen LogP contribution in [-0.2, 0) is 32.0 Å². The molecule has 2 aliphatic heterocycles. The smallest absolute Gasteiger partial charge is 0.307 e. The predicted molar refractivity (Wildman–Crippen MR) is 195 cm³/mol. The van der Waals surface area contributed by atoms with Crippen LogP contribution < -0.4 is 9.80 Å². The number of hydrogen-bond donors (Lipinski definition) is 2. The van der Waals surface area contributed by atoms with Gasteiger partial charge >= 0.3 is 11.9 Å². The summed E-state index contributed by atoms with van der Waals surface area (Å²) in [7, 11) is 0. The van der Waals surface area contributed by atoms with Gasteiger partial charge < -0.3 is 20.0 Å². The molecule has 0 radical (unpaired) electrons. The van der Waals surface area contributed by atoms with Crippen LogP contribution in [0.4, 0.5) is 11.4 Å². The van der Waals surface area contributed by atoms with Crippen LogP contribution in [-0.4, -0.2) is 58.8 Å². The first-order valence-corrected chi connectivity index (χ1v) is 18.4. The van der Waals surface area contributed by atoms with E-state index in [4.69, 9.17) is 23.2 Å². The molecule has 3 aliphatic carbocycles. The van der Waals surface area contributed by atoms with Crippen molar-refractivity contribution in [1.29, 1.82) is 0 Å². The number of rotatable bonds is 8. The minimum absolute atomic E-state index is 0.0437. The second kappa shape index (κ2) is 12.3. The van der Waals surface area contributed by atoms with E-state index < -0.39 is 22.8 Å². The van der Waals surface area contributed by atoms with Crippen molar-refractivity contribution in [2.24, 2.45) is 10.8 Å². The van der Waals surface area contributed by atoms with Crippen LogP contribution in [0.5, 0.6) is 0 Å². The second-order valence-corrected chi connectivity index (χ2v) is 15.4. The Kier molecular flexibility index (Phi) is 8.11. The minimum Gasteiger partial charge on any atom is -0.481 e. The molecule has 0 saturated heterocycles. The lowest BCUT2D eigenvalue weighted by atomic mass is 9.53. The summed E-state index contributed by atoms with van der Waals surface area (Å²) < 4.78 is 0. The van der Waals surface area contributed by atoms with Gasteiger partial charge in [-0.25, -0.2) is 0 Å². The van der Waals surface area contributed by atoms with Gasteiger partial charge in [-0.05, 0) is 94.5 Å². The Morgan fingerprint density at radius 1 is 0.600 bits per heavy atom. The highest BCUT2D eigenvalue weighted by Gasteiger charge is 2.58. The van der Waals surface area contributed by atoms with Gasteiger partial charge in [0.25, 0.3) is 0 Å². The van der Waals surface area contributed by atoms with Gasteiger partial charge in [-0.1, -0.05) is 48.5 Å². The number of nitrogens with zero attached hydrogens (tertiary/aromatic N) is 2. The zero-order valence-corrected chi connectivity index (χ0v) is 29.1. The SMILES string of the molecule is O=C(O)Cc1cc2c(c3ccccc13)[C@H](CCl)CN2C(=O)C12CCC(C(=O)N3C[C@@H](CCl)c4c3cc(CC(=O)O)c3ccccc43)(CC1)CC2. The number of amides is 2. The van der Waals surface area contributed by atoms with Crippen LogP contribution in [0.3, 0.4) is 0 Å². The number of alkyl halides is 2. The molecule has 0 aromatic heterocycles. The van der Waals surface area contributed by atoms with Gasteiger partial charge in [-0.2, -0.15) is 0 Å². The Balaban J connectivity index is 1.09. The van der Waals surface area contributed by atoms with Crippen LogP contribution in [0.15, 0.2) is 60.7 Å². The van der Waals surface area contributed by atoms with Gasteiger partial charge in [0.2, 0.25) is 11.8 Å². The largest absolute Gasteiger partial charge is 0.481 e. The molecule has 258 valence electrons. The zero-order chi connectivity index (χ0) is 34.9. The Morgan fingerprint density at radius 3 is 1.26 bits per heavy atom. The molecule has 50 heavy (non-hydrogen) atoms. The maximum atomic E-state index is 14.7. The summed E-state index contributed by atoms with van der Waals surface area (Å²) in [5.74, 6) is -1.23. The molecule has 2 atom stereocenters. The molecule has 0 spiro atoms. The molecule has 9 rings (SSSR count). The standard InChI is InChI=1S/C40H38Cl2N2O6/c41-19-25-21-43(31-15-23(17-33(45)46)27-5-1-3-7-29(27)35(25)31)37(49)39-9-12-40(13-10-39,14-11-39)38(50)44-22-26(20-42)36-30-8-4-2-6-28(30)24(16-32(36)44)18-34(47)48/h1-8,15-16,25-26H,9-14,17-22H2,(H,45,46)(H,47,48)/t25-,26-,39?,40?/m1/s1. The third-order valence-electron chi connectivity index (χ3n) is 12.2. The molecule has 2 amide bonds. The summed E-state index contributed by atoms with van der Waals surface area (Å²) >= 11 is 13.0. The van der Waals surface area contributed by atoms with Crippen molar-refractivity contribution in [3.63, 3.8) is 0 Å². The number of hydrogen-bond acceptors (Lipinski definition) is 4. The molecular weight excluding hydrogens is 675 g/mol. The van der Waals surface area contributed by atoms with E-state index in [0.717, 1.165) is 44.0 Å². The summed E-state index contributed by atoms with van der Waals surface area (Å²) in [5.41, 5.74) is 3.66. The van der Waals surface area contributed by atoms with E-state index in [2.05, 4.69) is 0 Å². The number of benzene rings is 4. The highest BCUT2D eigenvalue weighted by Crippen LogP contribution is 2.60. The Hall–Kier alpha value is -4.14. The lowest BCUT2D eigenvalue weighted by Crippen LogP contribution is -2.56. The van der Waals surface area contributed by atoms with Gasteiger partial charge in [0.1, 0.15) is 0 Å². The third kappa shape index (κ3) is 5.01. The van der Waals surface area contributed by atoms with E-state index in [0.29, 0.717) is 74.5 Å². The quantitative estimate of drug-likeness (QED) is 0.182. The molecule has 0 unspecified atom stereocenters. The lowest BCUT2D eigenvalue weighted by Gasteiger charge is -2.53. The normalized spacial score (nSPS) is 25.2. The number of carboxylic acid groups (broad SMARTS) is 2. The highest BCUT2D eigenvalue weighted by molar-refractivity contribution is 6.19. The summed E-state index contributed by atoms with van der Waals surface area (Å²) in [6, 6.07) is 19.3. The number of carbonyl (C=O) groups excluding carboxylic acids is 2. The number of fused-ring (bicyclic) bond motifs is 9. The Labute approximate surface area is 299 Å². The van der Waals surface area contributed by atoms with Gasteiger partial charge in [0.05, 0.1) is 12.8 Å². The first-order chi connectivity index (χ1) is 24.1. The van der Waals surface area contributed by atoms with Gasteiger partial charge in [-0.3, -0.25) is 19.2 Å². The fourth-order valence-corrected chi connectivity index (χ4v) is 10.2. The number of aliphatic carboxylic acids is 2. The maximum absolute atomic E-state index is 14.7. The lowest BCUT2D eigenvalue weighted by molar-refractivity contribution is -0.147. The number of carbonyl (C=O) groups is 4. The first-order valence-electron chi connectivity index (χ1n) is 17.4. The monoisotopic (exact) mass is 712 g/mol. The van der Waals surface area contributed by atoms with E-state index in [9.17, 15) is 29.4 Å². The number of anilines is 2. The van der Waals surface area contributed by atoms with Crippen LogP contribution in [0.1, 0.15) is 72.6 Å². The zero-order valence-electron chi connectivity index (χ0n) is 27.6. The molecule has 5 aliphatic rings. The van der Waals surface area contributed by atoms with Gasteiger partial charge in [0, 0.05) is 58.9 Å². The van der Waals surface area contributed by atoms with E-state index in [1.807, 2.05) is 70.5 Å². The van der Waals surface area contributed by atoms with Crippen molar-refractivity contribution in [1.82, 2.24) is 0 Å². The van der Waals surface area contributed by atoms with Crippen LogP contribution in [0.25, 0.3) is 21.5 Å². The summed E-state index contributed by atoms with van der Waals surface area (Å²) in [4.78, 5) is 56.8. The van der Waals surface area contributed by atoms with Gasteiger partial charge in [0.15, 0.2) is 0 Å². The van der Waals surface area contributed by atoms with Crippen molar-refractivity contribution < 1.29 is 29.4 Å². The van der Waals surface area contributed by atoms with Crippen LogP contribution >= 0.6 is 23.2 Å². The average Bonchev–Trinajstić information content (AvgIpc) is 3.70. The summed E-state index contributed by atoms with van der Waals surface area (Å²) in [5, 5.41) is 23.0. The van der Waals surface area contributed by atoms with Crippen molar-refractivity contribution in [3.8, 4) is 0 Å². The van der Waals surface area contributed by atoms with E-state index in [1.54, 1.807) is 0 Å². The van der Waals surface area contributed by atoms with E-state index in [1.165, 1.54) is 0 Å².